The average molecular weight is 354 g/mol. The Kier molecular flexibility index (Phi) is 4.62. The topological polar surface area (TPSA) is 107 Å². The maximum Gasteiger partial charge on any atom is 0.307 e. The summed E-state index contributed by atoms with van der Waals surface area (Å²) in [6.07, 6.45) is -0.151. The van der Waals surface area contributed by atoms with Gasteiger partial charge < -0.3 is 15.5 Å². The number of carboxylic acid groups (broad SMARTS) is 1. The van der Waals surface area contributed by atoms with Crippen molar-refractivity contribution < 1.29 is 24.6 Å². The molecule has 1 saturated heterocycles. The number of hydrogen-bond acceptors (Lipinski definition) is 5. The van der Waals surface area contributed by atoms with Crippen LogP contribution in [0.4, 0.5) is 11.4 Å². The first kappa shape index (κ1) is 17.5. The molecule has 0 aromatic heterocycles. The Balaban J connectivity index is 1.78. The van der Waals surface area contributed by atoms with Gasteiger partial charge in [0.25, 0.3) is 5.91 Å². The van der Waals surface area contributed by atoms with Crippen molar-refractivity contribution in [3.05, 3.63) is 53.6 Å². The molecule has 1 atom stereocenters. The van der Waals surface area contributed by atoms with Crippen molar-refractivity contribution in [1.29, 1.82) is 0 Å². The molecule has 2 amide bonds. The van der Waals surface area contributed by atoms with Gasteiger partial charge in [0.1, 0.15) is 11.8 Å². The number of nitrogens with zero attached hydrogens (tertiary/aromatic N) is 1. The highest BCUT2D eigenvalue weighted by Crippen LogP contribution is 2.29. The molecule has 0 saturated carbocycles. The fourth-order valence-corrected chi connectivity index (χ4v) is 2.91. The second-order valence-electron chi connectivity index (χ2n) is 6.23. The van der Waals surface area contributed by atoms with E-state index in [1.54, 1.807) is 36.4 Å². The quantitative estimate of drug-likeness (QED) is 0.560. The van der Waals surface area contributed by atoms with Crippen molar-refractivity contribution in [2.24, 2.45) is 0 Å². The van der Waals surface area contributed by atoms with Crippen LogP contribution in [-0.4, -0.2) is 34.0 Å². The molecule has 7 heteroatoms. The number of hydrogen-bond donors (Lipinski definition) is 3. The normalized spacial score (nSPS) is 16.8. The van der Waals surface area contributed by atoms with Crippen molar-refractivity contribution in [3.63, 3.8) is 0 Å². The molecular formula is C19H18N2O5. The number of nitrogens with one attached hydrogen (secondary N) is 1. The van der Waals surface area contributed by atoms with Gasteiger partial charge in [0.15, 0.2) is 0 Å². The van der Waals surface area contributed by atoms with E-state index < -0.39 is 17.9 Å². The highest BCUT2D eigenvalue weighted by molar-refractivity contribution is 6.23. The zero-order valence-corrected chi connectivity index (χ0v) is 14.1. The van der Waals surface area contributed by atoms with Gasteiger partial charge in [-0.05, 0) is 42.3 Å². The number of aromatic hydroxyl groups is 1. The van der Waals surface area contributed by atoms with Crippen LogP contribution in [0.5, 0.6) is 5.75 Å². The number of carboxylic acids is 1. The number of imide groups is 1. The fraction of sp³-hybridized carbons (Fsp3) is 0.211. The molecule has 2 aromatic rings. The Morgan fingerprint density at radius 2 is 1.88 bits per heavy atom. The Labute approximate surface area is 149 Å². The standard InChI is InChI=1S/C19H18N2O5/c1-11-2-7-16(22)14(8-11)20-15-10-17(23)21(19(15)26)13-5-3-12(4-6-13)9-18(24)25/h2-8,15,20,22H,9-10H2,1H3,(H,24,25). The minimum Gasteiger partial charge on any atom is -0.506 e. The van der Waals surface area contributed by atoms with Gasteiger partial charge in [0.2, 0.25) is 5.91 Å². The molecule has 26 heavy (non-hydrogen) atoms. The molecule has 1 fully saturated rings. The summed E-state index contributed by atoms with van der Waals surface area (Å²) in [4.78, 5) is 36.8. The molecule has 0 spiro atoms. The third-order valence-corrected chi connectivity index (χ3v) is 4.18. The fourth-order valence-electron chi connectivity index (χ4n) is 2.91. The first-order chi connectivity index (χ1) is 12.3. The summed E-state index contributed by atoms with van der Waals surface area (Å²) in [5, 5.41) is 21.6. The molecule has 1 aliphatic heterocycles. The maximum absolute atomic E-state index is 12.6. The van der Waals surface area contributed by atoms with Gasteiger partial charge in [-0.3, -0.25) is 14.4 Å². The highest BCUT2D eigenvalue weighted by atomic mass is 16.4. The summed E-state index contributed by atoms with van der Waals surface area (Å²) in [5.74, 6) is -1.71. The van der Waals surface area contributed by atoms with Crippen LogP contribution < -0.4 is 10.2 Å². The molecule has 3 N–H and O–H groups in total. The predicted octanol–water partition coefficient (Wildman–Crippen LogP) is 2.07. The first-order valence-electron chi connectivity index (χ1n) is 8.09. The molecule has 0 radical (unpaired) electrons. The molecular weight excluding hydrogens is 336 g/mol. The van der Waals surface area contributed by atoms with Crippen LogP contribution in [-0.2, 0) is 20.8 Å². The van der Waals surface area contributed by atoms with Crippen molar-refractivity contribution in [3.8, 4) is 5.75 Å². The van der Waals surface area contributed by atoms with Gasteiger partial charge in [-0.25, -0.2) is 4.90 Å². The summed E-state index contributed by atoms with van der Waals surface area (Å²) in [6.45, 7) is 1.86. The van der Waals surface area contributed by atoms with Crippen molar-refractivity contribution >= 4 is 29.2 Å². The van der Waals surface area contributed by atoms with Crippen LogP contribution in [0.1, 0.15) is 17.5 Å². The molecule has 1 unspecified atom stereocenters. The lowest BCUT2D eigenvalue weighted by molar-refractivity contribution is -0.136. The third kappa shape index (κ3) is 3.51. The number of phenols is 1. The van der Waals surface area contributed by atoms with E-state index in [0.29, 0.717) is 16.9 Å². The predicted molar refractivity (Wildman–Crippen MR) is 95.1 cm³/mol. The minimum absolute atomic E-state index is 0.00678. The number of benzene rings is 2. The van der Waals surface area contributed by atoms with Crippen molar-refractivity contribution in [2.45, 2.75) is 25.8 Å². The van der Waals surface area contributed by atoms with Crippen LogP contribution in [0.3, 0.4) is 0 Å². The highest BCUT2D eigenvalue weighted by Gasteiger charge is 2.39. The smallest absolute Gasteiger partial charge is 0.307 e. The summed E-state index contributed by atoms with van der Waals surface area (Å²) < 4.78 is 0. The van der Waals surface area contributed by atoms with Crippen LogP contribution in [0.15, 0.2) is 42.5 Å². The van der Waals surface area contributed by atoms with E-state index in [1.807, 2.05) is 6.92 Å². The number of phenolic OH excluding ortho intramolecular Hbond substituents is 1. The monoisotopic (exact) mass is 354 g/mol. The Bertz CT molecular complexity index is 876. The van der Waals surface area contributed by atoms with Crippen LogP contribution in [0.25, 0.3) is 0 Å². The average Bonchev–Trinajstić information content (AvgIpc) is 2.85. The molecule has 1 aliphatic rings. The SMILES string of the molecule is Cc1ccc(O)c(NC2CC(=O)N(c3ccc(CC(=O)O)cc3)C2=O)c1. The van der Waals surface area contributed by atoms with E-state index >= 15 is 0 Å². The van der Waals surface area contributed by atoms with E-state index in [-0.39, 0.29) is 24.5 Å². The van der Waals surface area contributed by atoms with Gasteiger partial charge in [0.05, 0.1) is 24.2 Å². The van der Waals surface area contributed by atoms with E-state index in [2.05, 4.69) is 5.32 Å². The van der Waals surface area contributed by atoms with Crippen LogP contribution in [0.2, 0.25) is 0 Å². The number of aryl methyl sites for hydroxylation is 1. The Morgan fingerprint density at radius 3 is 2.54 bits per heavy atom. The molecule has 0 bridgehead atoms. The van der Waals surface area contributed by atoms with E-state index in [9.17, 15) is 19.5 Å². The molecule has 7 nitrogen and oxygen atoms in total. The van der Waals surface area contributed by atoms with E-state index in [4.69, 9.17) is 5.11 Å². The number of carbonyl (C=O) groups is 3. The van der Waals surface area contributed by atoms with Crippen LogP contribution >= 0.6 is 0 Å². The van der Waals surface area contributed by atoms with Gasteiger partial charge in [-0.1, -0.05) is 18.2 Å². The lowest BCUT2D eigenvalue weighted by Crippen LogP contribution is -2.34. The van der Waals surface area contributed by atoms with Gasteiger partial charge in [-0.15, -0.1) is 0 Å². The summed E-state index contributed by atoms with van der Waals surface area (Å²) >= 11 is 0. The Hall–Kier alpha value is -3.35. The zero-order chi connectivity index (χ0) is 18.8. The Morgan fingerprint density at radius 1 is 1.19 bits per heavy atom. The van der Waals surface area contributed by atoms with Gasteiger partial charge in [-0.2, -0.15) is 0 Å². The largest absolute Gasteiger partial charge is 0.506 e. The van der Waals surface area contributed by atoms with Crippen LogP contribution in [0, 0.1) is 6.92 Å². The minimum atomic E-state index is -0.951. The summed E-state index contributed by atoms with van der Waals surface area (Å²) in [7, 11) is 0. The zero-order valence-electron chi connectivity index (χ0n) is 14.1. The first-order valence-corrected chi connectivity index (χ1v) is 8.09. The van der Waals surface area contributed by atoms with Gasteiger partial charge in [0, 0.05) is 0 Å². The van der Waals surface area contributed by atoms with Crippen molar-refractivity contribution in [1.82, 2.24) is 0 Å². The lowest BCUT2D eigenvalue weighted by Gasteiger charge is -2.17. The number of amides is 2. The third-order valence-electron chi connectivity index (χ3n) is 4.18. The second kappa shape index (κ2) is 6.87. The number of rotatable bonds is 5. The number of carbonyl (C=O) groups excluding carboxylic acids is 2. The van der Waals surface area contributed by atoms with Crippen molar-refractivity contribution in [2.75, 3.05) is 10.2 Å². The van der Waals surface area contributed by atoms with E-state index in [0.717, 1.165) is 10.5 Å². The summed E-state index contributed by atoms with van der Waals surface area (Å²) in [6, 6.07) is 10.5. The summed E-state index contributed by atoms with van der Waals surface area (Å²) in [5.41, 5.74) is 2.29. The second-order valence-corrected chi connectivity index (χ2v) is 6.23. The lowest BCUT2D eigenvalue weighted by atomic mass is 10.1. The number of anilines is 2. The molecule has 3 rings (SSSR count). The molecule has 134 valence electrons. The van der Waals surface area contributed by atoms with E-state index in [1.165, 1.54) is 6.07 Å². The maximum atomic E-state index is 12.6. The number of aliphatic carboxylic acids is 1. The molecule has 1 heterocycles. The molecule has 0 aliphatic carbocycles. The van der Waals surface area contributed by atoms with Gasteiger partial charge >= 0.3 is 5.97 Å². The molecule has 2 aromatic carbocycles.